The van der Waals surface area contributed by atoms with Gasteiger partial charge in [-0.15, -0.1) is 0 Å². The fourth-order valence-electron chi connectivity index (χ4n) is 3.62. The van der Waals surface area contributed by atoms with Crippen molar-refractivity contribution in [2.45, 2.75) is 57.3 Å². The summed E-state index contributed by atoms with van der Waals surface area (Å²) in [5, 5.41) is 10.5. The number of nitrogens with zero attached hydrogens (tertiary/aromatic N) is 1. The molecule has 2 heterocycles. The minimum Gasteiger partial charge on any atom is -0.487 e. The summed E-state index contributed by atoms with van der Waals surface area (Å²) in [6.07, 6.45) is 3.46. The van der Waals surface area contributed by atoms with Crippen LogP contribution in [0.2, 0.25) is 0 Å². The number of likely N-dealkylation sites (tertiary alicyclic amines) is 1. The number of aliphatic hydroxyl groups excluding tert-OH is 1. The van der Waals surface area contributed by atoms with Crippen LogP contribution in [0.5, 0.6) is 5.75 Å². The van der Waals surface area contributed by atoms with Crippen LogP contribution in [0.3, 0.4) is 0 Å². The molecule has 2 aliphatic rings. The molecule has 3 rings (SSSR count). The van der Waals surface area contributed by atoms with Gasteiger partial charge in [0.05, 0.1) is 6.10 Å². The molecule has 1 N–H and O–H groups in total. The van der Waals surface area contributed by atoms with Gasteiger partial charge in [-0.2, -0.15) is 0 Å². The average Bonchev–Trinajstić information content (AvgIpc) is 2.61. The minimum atomic E-state index is -0.410. The molecule has 1 aromatic carbocycles. The fraction of sp³-hybridized carbons (Fsp3) is 0.647. The number of hydrogen-bond acceptors (Lipinski definition) is 3. The Morgan fingerprint density at radius 1 is 1.33 bits per heavy atom. The van der Waals surface area contributed by atoms with E-state index in [-0.39, 0.29) is 5.60 Å². The number of benzene rings is 1. The highest BCUT2D eigenvalue weighted by atomic mass is 79.9. The molecular formula is C17H24BrNO2. The summed E-state index contributed by atoms with van der Waals surface area (Å²) in [5.74, 6) is 0.848. The fourth-order valence-corrected chi connectivity index (χ4v) is 3.96. The standard InChI is InChI=1S/C17H24BrNO2/c1-12(2)19-8-3-6-17(7-9-19)11-15(20)14-5-4-13(18)10-16(14)21-17/h4-5,10,12,15,20H,3,6-9,11H2,1-2H3/t15-,17?/m0/s1. The van der Waals surface area contributed by atoms with Crippen LogP contribution in [0.25, 0.3) is 0 Å². The molecule has 1 aromatic rings. The number of aliphatic hydroxyl groups is 1. The Morgan fingerprint density at radius 3 is 2.90 bits per heavy atom. The van der Waals surface area contributed by atoms with Gasteiger partial charge < -0.3 is 14.7 Å². The van der Waals surface area contributed by atoms with Crippen LogP contribution >= 0.6 is 15.9 Å². The molecule has 0 radical (unpaired) electrons. The maximum Gasteiger partial charge on any atom is 0.127 e. The van der Waals surface area contributed by atoms with Gasteiger partial charge in [0.15, 0.2) is 0 Å². The molecule has 2 aliphatic heterocycles. The van der Waals surface area contributed by atoms with Crippen LogP contribution in [-0.4, -0.2) is 34.7 Å². The van der Waals surface area contributed by atoms with Crippen molar-refractivity contribution in [1.82, 2.24) is 4.90 Å². The van der Waals surface area contributed by atoms with Gasteiger partial charge in [-0.3, -0.25) is 0 Å². The predicted octanol–water partition coefficient (Wildman–Crippen LogP) is 3.90. The van der Waals surface area contributed by atoms with E-state index in [1.807, 2.05) is 18.2 Å². The van der Waals surface area contributed by atoms with Crippen molar-refractivity contribution in [3.8, 4) is 5.75 Å². The van der Waals surface area contributed by atoms with Gasteiger partial charge in [-0.05, 0) is 51.8 Å². The Bertz CT molecular complexity index is 520. The molecular weight excluding hydrogens is 330 g/mol. The molecule has 0 amide bonds. The summed E-state index contributed by atoms with van der Waals surface area (Å²) in [6, 6.07) is 6.51. The molecule has 1 spiro atoms. The van der Waals surface area contributed by atoms with Crippen molar-refractivity contribution in [3.05, 3.63) is 28.2 Å². The molecule has 1 fully saturated rings. The first-order valence-corrected chi connectivity index (χ1v) is 8.69. The molecule has 0 bridgehead atoms. The molecule has 1 unspecified atom stereocenters. The second kappa shape index (κ2) is 5.90. The van der Waals surface area contributed by atoms with Crippen LogP contribution in [0.4, 0.5) is 0 Å². The number of hydrogen-bond donors (Lipinski definition) is 1. The molecule has 1 saturated heterocycles. The van der Waals surface area contributed by atoms with Crippen LogP contribution in [-0.2, 0) is 0 Å². The van der Waals surface area contributed by atoms with Crippen LogP contribution in [0, 0.1) is 0 Å². The molecule has 2 atom stereocenters. The molecule has 0 aromatic heterocycles. The maximum absolute atomic E-state index is 10.5. The zero-order valence-corrected chi connectivity index (χ0v) is 14.4. The molecule has 0 aliphatic carbocycles. The largest absolute Gasteiger partial charge is 0.487 e. The van der Waals surface area contributed by atoms with E-state index in [1.165, 1.54) is 0 Å². The molecule has 0 saturated carbocycles. The monoisotopic (exact) mass is 353 g/mol. The van der Waals surface area contributed by atoms with Crippen LogP contribution in [0.1, 0.15) is 51.2 Å². The summed E-state index contributed by atoms with van der Waals surface area (Å²) < 4.78 is 7.41. The van der Waals surface area contributed by atoms with Crippen molar-refractivity contribution in [3.63, 3.8) is 0 Å². The Hall–Kier alpha value is -0.580. The predicted molar refractivity (Wildman–Crippen MR) is 87.6 cm³/mol. The summed E-state index contributed by atoms with van der Waals surface area (Å²) in [6.45, 7) is 6.68. The first-order valence-electron chi connectivity index (χ1n) is 7.90. The van der Waals surface area contributed by atoms with Gasteiger partial charge in [0.1, 0.15) is 11.4 Å². The average molecular weight is 354 g/mol. The number of ether oxygens (including phenoxy) is 1. The third-order valence-corrected chi connectivity index (χ3v) is 5.38. The highest BCUT2D eigenvalue weighted by Gasteiger charge is 2.41. The summed E-state index contributed by atoms with van der Waals surface area (Å²) >= 11 is 3.50. The number of halogens is 1. The van der Waals surface area contributed by atoms with Crippen molar-refractivity contribution in [1.29, 1.82) is 0 Å². The Labute approximate surface area is 135 Å². The van der Waals surface area contributed by atoms with E-state index in [0.29, 0.717) is 12.5 Å². The highest BCUT2D eigenvalue weighted by molar-refractivity contribution is 9.10. The molecule has 4 heteroatoms. The second-order valence-corrected chi connectivity index (χ2v) is 7.59. The van der Waals surface area contributed by atoms with E-state index in [4.69, 9.17) is 4.74 Å². The van der Waals surface area contributed by atoms with E-state index in [1.54, 1.807) is 0 Å². The lowest BCUT2D eigenvalue weighted by atomic mass is 9.83. The van der Waals surface area contributed by atoms with Crippen molar-refractivity contribution in [2.75, 3.05) is 13.1 Å². The van der Waals surface area contributed by atoms with Crippen molar-refractivity contribution < 1.29 is 9.84 Å². The Morgan fingerprint density at radius 2 is 2.14 bits per heavy atom. The zero-order chi connectivity index (χ0) is 15.0. The minimum absolute atomic E-state index is 0.198. The zero-order valence-electron chi connectivity index (χ0n) is 12.8. The normalized spacial score (nSPS) is 30.0. The lowest BCUT2D eigenvalue weighted by molar-refractivity contribution is -0.0243. The third-order valence-electron chi connectivity index (χ3n) is 4.89. The van der Waals surface area contributed by atoms with Crippen molar-refractivity contribution >= 4 is 15.9 Å². The van der Waals surface area contributed by atoms with E-state index in [9.17, 15) is 5.11 Å². The lowest BCUT2D eigenvalue weighted by Crippen LogP contribution is -2.42. The molecule has 3 nitrogen and oxygen atoms in total. The van der Waals surface area contributed by atoms with Crippen LogP contribution in [0.15, 0.2) is 22.7 Å². The van der Waals surface area contributed by atoms with E-state index in [0.717, 1.165) is 48.1 Å². The Balaban J connectivity index is 1.83. The maximum atomic E-state index is 10.5. The summed E-state index contributed by atoms with van der Waals surface area (Å²) in [7, 11) is 0. The van der Waals surface area contributed by atoms with Gasteiger partial charge in [0, 0.05) is 29.0 Å². The van der Waals surface area contributed by atoms with E-state index < -0.39 is 6.10 Å². The van der Waals surface area contributed by atoms with Gasteiger partial charge in [-0.25, -0.2) is 0 Å². The van der Waals surface area contributed by atoms with Gasteiger partial charge in [0.25, 0.3) is 0 Å². The summed E-state index contributed by atoms with van der Waals surface area (Å²) in [5.41, 5.74) is 0.727. The van der Waals surface area contributed by atoms with E-state index in [2.05, 4.69) is 34.7 Å². The lowest BCUT2D eigenvalue weighted by Gasteiger charge is -2.40. The molecule has 116 valence electrons. The molecule has 21 heavy (non-hydrogen) atoms. The topological polar surface area (TPSA) is 32.7 Å². The van der Waals surface area contributed by atoms with Crippen LogP contribution < -0.4 is 4.74 Å². The SMILES string of the molecule is CC(C)N1CCCC2(CC1)C[C@H](O)c1ccc(Br)cc1O2. The summed E-state index contributed by atoms with van der Waals surface area (Å²) in [4.78, 5) is 2.51. The van der Waals surface area contributed by atoms with Gasteiger partial charge in [-0.1, -0.05) is 22.0 Å². The first-order chi connectivity index (χ1) is 9.99. The number of fused-ring (bicyclic) bond motifs is 1. The van der Waals surface area contributed by atoms with Crippen molar-refractivity contribution in [2.24, 2.45) is 0 Å². The van der Waals surface area contributed by atoms with Gasteiger partial charge >= 0.3 is 0 Å². The third kappa shape index (κ3) is 3.13. The van der Waals surface area contributed by atoms with Gasteiger partial charge in [0.2, 0.25) is 0 Å². The smallest absolute Gasteiger partial charge is 0.127 e. The second-order valence-electron chi connectivity index (χ2n) is 6.67. The first kappa shape index (κ1) is 15.3. The highest BCUT2D eigenvalue weighted by Crippen LogP contribution is 2.45. The van der Waals surface area contributed by atoms with E-state index >= 15 is 0 Å². The number of rotatable bonds is 1. The Kier molecular flexibility index (Phi) is 4.30. The quantitative estimate of drug-likeness (QED) is 0.830.